The first kappa shape index (κ1) is 20.7. The Morgan fingerprint density at radius 3 is 2.46 bits per heavy atom. The summed E-state index contributed by atoms with van der Waals surface area (Å²) in [5.41, 5.74) is 0.381. The molecule has 2 N–H and O–H groups in total. The number of aliphatic carboxylic acids is 1. The Hall–Kier alpha value is -1.34. The Labute approximate surface area is 152 Å². The maximum atomic E-state index is 12.0. The van der Waals surface area contributed by atoms with Gasteiger partial charge in [-0.3, -0.25) is 4.79 Å². The molecule has 0 saturated carbocycles. The SMILES string of the molecule is CCN(CC)CCNC(CC(=O)Nc1ccc(Cl)cc1Cl)C(=O)[O-]. The zero-order valence-corrected chi connectivity index (χ0v) is 15.3. The third-order valence-electron chi connectivity index (χ3n) is 3.59. The van der Waals surface area contributed by atoms with Crippen LogP contribution in [-0.4, -0.2) is 49.0 Å². The van der Waals surface area contributed by atoms with E-state index in [2.05, 4.69) is 15.5 Å². The van der Waals surface area contributed by atoms with Crippen LogP contribution >= 0.6 is 23.2 Å². The molecular weight excluding hydrogens is 353 g/mol. The van der Waals surface area contributed by atoms with E-state index in [0.29, 0.717) is 23.8 Å². The minimum Gasteiger partial charge on any atom is -0.548 e. The standard InChI is InChI=1S/C16H23Cl2N3O3/c1-3-21(4-2)8-7-19-14(16(23)24)10-15(22)20-13-6-5-11(17)9-12(13)18/h5-6,9,14,19H,3-4,7-8,10H2,1-2H3,(H,20,22)(H,23,24)/p-1. The lowest BCUT2D eigenvalue weighted by molar-refractivity contribution is -0.308. The van der Waals surface area contributed by atoms with E-state index in [9.17, 15) is 14.7 Å². The lowest BCUT2D eigenvalue weighted by Gasteiger charge is -2.23. The van der Waals surface area contributed by atoms with Crippen LogP contribution in [0.3, 0.4) is 0 Å². The lowest BCUT2D eigenvalue weighted by atomic mass is 10.2. The van der Waals surface area contributed by atoms with E-state index < -0.39 is 17.9 Å². The number of halogens is 2. The van der Waals surface area contributed by atoms with Crippen molar-refractivity contribution < 1.29 is 14.7 Å². The van der Waals surface area contributed by atoms with E-state index in [-0.39, 0.29) is 11.4 Å². The number of anilines is 1. The van der Waals surface area contributed by atoms with Gasteiger partial charge in [-0.2, -0.15) is 0 Å². The molecular formula is C16H22Cl2N3O3-. The van der Waals surface area contributed by atoms with Crippen LogP contribution in [0.5, 0.6) is 0 Å². The number of likely N-dealkylation sites (N-methyl/N-ethyl adjacent to an activating group) is 1. The molecule has 0 fully saturated rings. The van der Waals surface area contributed by atoms with E-state index >= 15 is 0 Å². The second-order valence-electron chi connectivity index (χ2n) is 5.23. The summed E-state index contributed by atoms with van der Waals surface area (Å²) in [6.07, 6.45) is -0.250. The zero-order chi connectivity index (χ0) is 18.1. The molecule has 134 valence electrons. The highest BCUT2D eigenvalue weighted by Gasteiger charge is 2.16. The van der Waals surface area contributed by atoms with Crippen LogP contribution in [0, 0.1) is 0 Å². The summed E-state index contributed by atoms with van der Waals surface area (Å²) in [5.74, 6) is -1.78. The van der Waals surface area contributed by atoms with Crippen LogP contribution in [0.2, 0.25) is 10.0 Å². The third-order valence-corrected chi connectivity index (χ3v) is 4.14. The largest absolute Gasteiger partial charge is 0.548 e. The van der Waals surface area contributed by atoms with Gasteiger partial charge in [-0.1, -0.05) is 37.0 Å². The molecule has 1 aromatic rings. The van der Waals surface area contributed by atoms with Crippen LogP contribution in [-0.2, 0) is 9.59 Å². The van der Waals surface area contributed by atoms with Crippen molar-refractivity contribution in [3.8, 4) is 0 Å². The van der Waals surface area contributed by atoms with Gasteiger partial charge in [0.1, 0.15) is 0 Å². The second kappa shape index (κ2) is 10.5. The second-order valence-corrected chi connectivity index (χ2v) is 6.07. The predicted molar refractivity (Wildman–Crippen MR) is 94.3 cm³/mol. The molecule has 0 aromatic heterocycles. The molecule has 0 bridgehead atoms. The van der Waals surface area contributed by atoms with Crippen LogP contribution in [0.15, 0.2) is 18.2 Å². The Morgan fingerprint density at radius 2 is 1.92 bits per heavy atom. The maximum Gasteiger partial charge on any atom is 0.226 e. The number of carbonyl (C=O) groups is 2. The number of carbonyl (C=O) groups excluding carboxylic acids is 2. The molecule has 0 heterocycles. The van der Waals surface area contributed by atoms with Gasteiger partial charge in [0.2, 0.25) is 5.91 Å². The molecule has 24 heavy (non-hydrogen) atoms. The first-order valence-electron chi connectivity index (χ1n) is 7.78. The van der Waals surface area contributed by atoms with Crippen molar-refractivity contribution in [1.82, 2.24) is 10.2 Å². The van der Waals surface area contributed by atoms with Gasteiger partial charge >= 0.3 is 0 Å². The Morgan fingerprint density at radius 1 is 1.25 bits per heavy atom. The minimum absolute atomic E-state index is 0.250. The Kier molecular flexibility index (Phi) is 9.07. The molecule has 1 aromatic carbocycles. The monoisotopic (exact) mass is 374 g/mol. The van der Waals surface area contributed by atoms with Gasteiger partial charge in [-0.05, 0) is 31.3 Å². The highest BCUT2D eigenvalue weighted by Crippen LogP contribution is 2.25. The first-order valence-corrected chi connectivity index (χ1v) is 8.54. The maximum absolute atomic E-state index is 12.0. The molecule has 0 spiro atoms. The normalized spacial score (nSPS) is 12.2. The number of carboxylic acid groups (broad SMARTS) is 1. The zero-order valence-electron chi connectivity index (χ0n) is 13.8. The van der Waals surface area contributed by atoms with Crippen molar-refractivity contribution in [3.05, 3.63) is 28.2 Å². The van der Waals surface area contributed by atoms with E-state index in [1.165, 1.54) is 6.07 Å². The summed E-state index contributed by atoms with van der Waals surface area (Å²) in [6, 6.07) is 3.58. The third kappa shape index (κ3) is 7.05. The van der Waals surface area contributed by atoms with E-state index in [4.69, 9.17) is 23.2 Å². The highest BCUT2D eigenvalue weighted by molar-refractivity contribution is 6.36. The molecule has 6 nitrogen and oxygen atoms in total. The van der Waals surface area contributed by atoms with Gasteiger partial charge in [0.25, 0.3) is 0 Å². The summed E-state index contributed by atoms with van der Waals surface area (Å²) in [6.45, 7) is 6.97. The Bertz CT molecular complexity index is 565. The van der Waals surface area contributed by atoms with Crippen molar-refractivity contribution in [1.29, 1.82) is 0 Å². The van der Waals surface area contributed by atoms with Gasteiger partial charge in [-0.15, -0.1) is 0 Å². The van der Waals surface area contributed by atoms with E-state index in [1.54, 1.807) is 12.1 Å². The van der Waals surface area contributed by atoms with E-state index in [1.807, 2.05) is 13.8 Å². The van der Waals surface area contributed by atoms with Crippen molar-refractivity contribution in [2.75, 3.05) is 31.5 Å². The number of nitrogens with zero attached hydrogens (tertiary/aromatic N) is 1. The molecule has 0 radical (unpaired) electrons. The van der Waals surface area contributed by atoms with Gasteiger partial charge in [-0.25, -0.2) is 0 Å². The van der Waals surface area contributed by atoms with Crippen molar-refractivity contribution in [3.63, 3.8) is 0 Å². The summed E-state index contributed by atoms with van der Waals surface area (Å²) in [4.78, 5) is 25.4. The summed E-state index contributed by atoms with van der Waals surface area (Å²) >= 11 is 11.8. The molecule has 1 rings (SSSR count). The summed E-state index contributed by atoms with van der Waals surface area (Å²) in [7, 11) is 0. The van der Waals surface area contributed by atoms with Gasteiger partial charge < -0.3 is 25.4 Å². The fourth-order valence-corrected chi connectivity index (χ4v) is 2.61. The molecule has 0 aliphatic carbocycles. The molecule has 0 saturated heterocycles. The number of amides is 1. The molecule has 8 heteroatoms. The first-order chi connectivity index (χ1) is 11.4. The summed E-state index contributed by atoms with van der Waals surface area (Å²) < 4.78 is 0. The average Bonchev–Trinajstić information content (AvgIpc) is 2.53. The molecule has 1 atom stereocenters. The molecule has 0 aliphatic heterocycles. The fraction of sp³-hybridized carbons (Fsp3) is 0.500. The number of benzene rings is 1. The van der Waals surface area contributed by atoms with Crippen molar-refractivity contribution in [2.45, 2.75) is 26.3 Å². The van der Waals surface area contributed by atoms with Gasteiger partial charge in [0.15, 0.2) is 0 Å². The van der Waals surface area contributed by atoms with Crippen LogP contribution in [0.1, 0.15) is 20.3 Å². The van der Waals surface area contributed by atoms with Crippen molar-refractivity contribution in [2.24, 2.45) is 0 Å². The van der Waals surface area contributed by atoms with Crippen LogP contribution in [0.25, 0.3) is 0 Å². The number of rotatable bonds is 10. The summed E-state index contributed by atoms with van der Waals surface area (Å²) in [5, 5.41) is 17.4. The topological polar surface area (TPSA) is 84.5 Å². The smallest absolute Gasteiger partial charge is 0.226 e. The van der Waals surface area contributed by atoms with Gasteiger partial charge in [0, 0.05) is 24.5 Å². The van der Waals surface area contributed by atoms with Crippen molar-refractivity contribution >= 4 is 40.8 Å². The lowest BCUT2D eigenvalue weighted by Crippen LogP contribution is -2.49. The number of carboxylic acids is 1. The molecule has 1 unspecified atom stereocenters. The molecule has 0 aliphatic rings. The van der Waals surface area contributed by atoms with Gasteiger partial charge in [0.05, 0.1) is 22.7 Å². The average molecular weight is 375 g/mol. The number of hydrogen-bond donors (Lipinski definition) is 2. The van der Waals surface area contributed by atoms with E-state index in [0.717, 1.165) is 13.1 Å². The highest BCUT2D eigenvalue weighted by atomic mass is 35.5. The predicted octanol–water partition coefficient (Wildman–Crippen LogP) is 1.37. The van der Waals surface area contributed by atoms with Crippen LogP contribution in [0.4, 0.5) is 5.69 Å². The Balaban J connectivity index is 2.55. The number of hydrogen-bond acceptors (Lipinski definition) is 5. The molecule has 1 amide bonds. The quantitative estimate of drug-likeness (QED) is 0.645. The fourth-order valence-electron chi connectivity index (χ4n) is 2.15. The van der Waals surface area contributed by atoms with Crippen LogP contribution < -0.4 is 15.7 Å². The number of nitrogens with one attached hydrogen (secondary N) is 2. The minimum atomic E-state index is -1.31.